The molecule has 0 saturated heterocycles. The molecule has 154 valence electrons. The third-order valence-electron chi connectivity index (χ3n) is 5.71. The average Bonchev–Trinajstić information content (AvgIpc) is 2.84. The van der Waals surface area contributed by atoms with Crippen molar-refractivity contribution in [2.45, 2.75) is 13.1 Å². The molecule has 0 aliphatic carbocycles. The van der Waals surface area contributed by atoms with Crippen molar-refractivity contribution < 1.29 is 9.53 Å². The molecule has 0 aliphatic heterocycles. The second-order valence-electron chi connectivity index (χ2n) is 7.62. The fourth-order valence-corrected chi connectivity index (χ4v) is 8.44. The van der Waals surface area contributed by atoms with Gasteiger partial charge in [0.25, 0.3) is 0 Å². The van der Waals surface area contributed by atoms with Crippen molar-refractivity contribution in [3.05, 3.63) is 126 Å². The number of hydrogen-bond donors (Lipinski definition) is 0. The Hall–Kier alpha value is -3.22. The highest BCUT2D eigenvalue weighted by molar-refractivity contribution is 7.95. The molecule has 31 heavy (non-hydrogen) atoms. The van der Waals surface area contributed by atoms with Crippen LogP contribution in [0.15, 0.2) is 109 Å². The van der Waals surface area contributed by atoms with E-state index in [0.717, 1.165) is 11.7 Å². The van der Waals surface area contributed by atoms with Gasteiger partial charge in [0, 0.05) is 0 Å². The minimum absolute atomic E-state index is 0.292. The summed E-state index contributed by atoms with van der Waals surface area (Å²) in [5.74, 6) is -0.292. The van der Waals surface area contributed by atoms with E-state index < -0.39 is 7.26 Å². The smallest absolute Gasteiger partial charge is 0.338 e. The van der Waals surface area contributed by atoms with Gasteiger partial charge in [-0.25, -0.2) is 4.79 Å². The van der Waals surface area contributed by atoms with Gasteiger partial charge in [-0.05, 0) is 60.5 Å². The molecule has 2 nitrogen and oxygen atoms in total. The zero-order chi connectivity index (χ0) is 21.7. The molecular weight excluding hydrogens is 399 g/mol. The molecule has 0 heterocycles. The van der Waals surface area contributed by atoms with Gasteiger partial charge in [0.2, 0.25) is 0 Å². The summed E-state index contributed by atoms with van der Waals surface area (Å²) in [5, 5.41) is 4.05. The van der Waals surface area contributed by atoms with Gasteiger partial charge in [-0.2, -0.15) is 0 Å². The lowest BCUT2D eigenvalue weighted by atomic mass is 10.1. The molecule has 0 unspecified atom stereocenters. The molecule has 4 aromatic carbocycles. The third kappa shape index (κ3) is 4.17. The second kappa shape index (κ2) is 9.29. The van der Waals surface area contributed by atoms with Crippen molar-refractivity contribution in [1.82, 2.24) is 0 Å². The molecule has 0 aromatic heterocycles. The first-order valence-corrected chi connectivity index (χ1v) is 12.4. The van der Waals surface area contributed by atoms with Crippen LogP contribution in [-0.4, -0.2) is 13.1 Å². The molecule has 0 aliphatic rings. The van der Waals surface area contributed by atoms with Crippen molar-refractivity contribution in [1.29, 1.82) is 0 Å². The molecule has 0 amide bonds. The Bertz CT molecular complexity index is 1060. The van der Waals surface area contributed by atoms with Gasteiger partial charge >= 0.3 is 5.97 Å². The summed E-state index contributed by atoms with van der Waals surface area (Å²) in [6.07, 6.45) is 0.882. The van der Waals surface area contributed by atoms with Gasteiger partial charge in [0.05, 0.1) is 18.8 Å². The van der Waals surface area contributed by atoms with Crippen LogP contribution in [0.1, 0.15) is 21.5 Å². The van der Waals surface area contributed by atoms with Crippen molar-refractivity contribution in [2.75, 3.05) is 7.11 Å². The molecule has 0 N–H and O–H groups in total. The average molecular weight is 425 g/mol. The number of aryl methyl sites for hydroxylation is 1. The van der Waals surface area contributed by atoms with Gasteiger partial charge < -0.3 is 4.74 Å². The van der Waals surface area contributed by atoms with Gasteiger partial charge in [-0.15, -0.1) is 0 Å². The number of rotatable bonds is 6. The summed E-state index contributed by atoms with van der Waals surface area (Å²) in [4.78, 5) is 12.1. The third-order valence-corrected chi connectivity index (χ3v) is 10.1. The Morgan fingerprint density at radius 3 is 1.55 bits per heavy atom. The molecule has 0 bridgehead atoms. The number of esters is 1. The predicted molar refractivity (Wildman–Crippen MR) is 131 cm³/mol. The van der Waals surface area contributed by atoms with E-state index in [2.05, 4.69) is 103 Å². The Morgan fingerprint density at radius 1 is 0.710 bits per heavy atom. The number of carbonyl (C=O) groups excluding carboxylic acids is 1. The molecule has 0 spiro atoms. The number of hydrogen-bond acceptors (Lipinski definition) is 2. The zero-order valence-electron chi connectivity index (χ0n) is 17.9. The highest BCUT2D eigenvalue weighted by Crippen LogP contribution is 2.58. The van der Waals surface area contributed by atoms with E-state index >= 15 is 0 Å². The van der Waals surface area contributed by atoms with Crippen LogP contribution in [0.5, 0.6) is 0 Å². The maximum absolute atomic E-state index is 12.1. The Morgan fingerprint density at radius 2 is 1.16 bits per heavy atom. The topological polar surface area (TPSA) is 26.3 Å². The number of carbonyl (C=O) groups is 1. The summed E-state index contributed by atoms with van der Waals surface area (Å²) in [6.45, 7) is 1.98. The molecule has 0 fully saturated rings. The van der Waals surface area contributed by atoms with Crippen molar-refractivity contribution in [2.24, 2.45) is 0 Å². The fraction of sp³-hybridized carbons (Fsp3) is 0.107. The quantitative estimate of drug-likeness (QED) is 0.311. The predicted octanol–water partition coefficient (Wildman–Crippen LogP) is 5.28. The molecule has 0 radical (unpaired) electrons. The van der Waals surface area contributed by atoms with E-state index in [1.807, 2.05) is 13.0 Å². The first-order chi connectivity index (χ1) is 15.1. The minimum Gasteiger partial charge on any atom is -0.465 e. The maximum Gasteiger partial charge on any atom is 0.338 e. The Kier molecular flexibility index (Phi) is 6.30. The van der Waals surface area contributed by atoms with Crippen LogP contribution in [0.3, 0.4) is 0 Å². The summed E-state index contributed by atoms with van der Waals surface area (Å²) in [7, 11) is -0.534. The normalized spacial score (nSPS) is 11.2. The van der Waals surface area contributed by atoms with E-state index in [1.165, 1.54) is 28.6 Å². The van der Waals surface area contributed by atoms with E-state index in [1.54, 1.807) is 0 Å². The van der Waals surface area contributed by atoms with E-state index in [9.17, 15) is 4.79 Å². The molecule has 0 atom stereocenters. The Labute approximate surface area is 184 Å². The van der Waals surface area contributed by atoms with Crippen LogP contribution >= 0.6 is 7.26 Å². The summed E-state index contributed by atoms with van der Waals surface area (Å²) in [6, 6.07) is 38.6. The van der Waals surface area contributed by atoms with Crippen molar-refractivity contribution in [3.63, 3.8) is 0 Å². The van der Waals surface area contributed by atoms with E-state index in [-0.39, 0.29) is 5.97 Å². The first-order valence-electron chi connectivity index (χ1n) is 10.4. The van der Waals surface area contributed by atoms with Gasteiger partial charge in [0.15, 0.2) is 0 Å². The van der Waals surface area contributed by atoms with Crippen LogP contribution in [0.25, 0.3) is 0 Å². The largest absolute Gasteiger partial charge is 0.465 e. The first kappa shape index (κ1) is 21.0. The van der Waals surface area contributed by atoms with Crippen molar-refractivity contribution in [3.8, 4) is 0 Å². The highest BCUT2D eigenvalue weighted by Gasteiger charge is 2.45. The van der Waals surface area contributed by atoms with E-state index in [4.69, 9.17) is 4.74 Å². The molecule has 4 rings (SSSR count). The van der Waals surface area contributed by atoms with Crippen LogP contribution in [-0.2, 0) is 10.9 Å². The number of benzene rings is 4. The number of methoxy groups -OCH3 is 1. The lowest BCUT2D eigenvalue weighted by Crippen LogP contribution is -2.32. The SMILES string of the molecule is COC(=O)c1ccc(C[P+](c2ccccc2)(c2ccccc2)c2ccccc2)cc1C. The minimum atomic E-state index is -1.96. The second-order valence-corrected chi connectivity index (χ2v) is 11.1. The Balaban J connectivity index is 1.93. The van der Waals surface area contributed by atoms with Crippen molar-refractivity contribution >= 4 is 29.1 Å². The number of ether oxygens (including phenoxy) is 1. The molecule has 0 saturated carbocycles. The van der Waals surface area contributed by atoms with Crippen LogP contribution in [0.2, 0.25) is 0 Å². The molecule has 4 aromatic rings. The van der Waals surface area contributed by atoms with Crippen LogP contribution in [0, 0.1) is 6.92 Å². The molecular formula is C28H26O2P+. The lowest BCUT2D eigenvalue weighted by Gasteiger charge is -2.28. The highest BCUT2D eigenvalue weighted by atomic mass is 31.2. The fourth-order valence-electron chi connectivity index (χ4n) is 4.21. The standard InChI is InChI=1S/C28H26O2P/c1-22-20-23(18-19-27(22)28(29)30-2)21-31(24-12-6-3-7-13-24,25-14-8-4-9-15-25)26-16-10-5-11-17-26/h3-20H,21H2,1-2H3/q+1. The monoisotopic (exact) mass is 425 g/mol. The zero-order valence-corrected chi connectivity index (χ0v) is 18.8. The van der Waals surface area contributed by atoms with E-state index in [0.29, 0.717) is 5.56 Å². The van der Waals surface area contributed by atoms with Gasteiger partial charge in [0.1, 0.15) is 23.2 Å². The van der Waals surface area contributed by atoms with Gasteiger partial charge in [-0.1, -0.05) is 66.7 Å². The summed E-state index contributed by atoms with van der Waals surface area (Å²) >= 11 is 0. The molecule has 3 heteroatoms. The van der Waals surface area contributed by atoms with Gasteiger partial charge in [-0.3, -0.25) is 0 Å². The lowest BCUT2D eigenvalue weighted by molar-refractivity contribution is 0.0600. The van der Waals surface area contributed by atoms with Crippen LogP contribution < -0.4 is 15.9 Å². The summed E-state index contributed by atoms with van der Waals surface area (Å²) in [5.41, 5.74) is 2.78. The van der Waals surface area contributed by atoms with Crippen LogP contribution in [0.4, 0.5) is 0 Å². The maximum atomic E-state index is 12.1. The summed E-state index contributed by atoms with van der Waals surface area (Å²) < 4.78 is 4.93.